The average molecular weight is 436 g/mol. The van der Waals surface area contributed by atoms with Crippen LogP contribution >= 0.6 is 27.3 Å². The van der Waals surface area contributed by atoms with E-state index in [4.69, 9.17) is 0 Å². The largest absolute Gasteiger partial charge is 0.353 e. The maximum atomic E-state index is 12.5. The molecule has 0 spiro atoms. The lowest BCUT2D eigenvalue weighted by molar-refractivity contribution is 1.06. The van der Waals surface area contributed by atoms with E-state index in [0.29, 0.717) is 4.88 Å². The monoisotopic (exact) mass is 435 g/mol. The Hall–Kier alpha value is -2.88. The summed E-state index contributed by atoms with van der Waals surface area (Å²) in [6.07, 6.45) is 0. The number of hydrogen-bond acceptors (Lipinski definition) is 4. The number of hydrogen-bond donors (Lipinski definition) is 1. The minimum atomic E-state index is -0.121. The molecule has 0 bridgehead atoms. The molecule has 0 aliphatic rings. The van der Waals surface area contributed by atoms with Crippen LogP contribution in [0.3, 0.4) is 0 Å². The van der Waals surface area contributed by atoms with E-state index in [9.17, 15) is 10.1 Å². The van der Waals surface area contributed by atoms with Gasteiger partial charge in [0.15, 0.2) is 0 Å². The molecule has 1 N–H and O–H groups in total. The van der Waals surface area contributed by atoms with Crippen LogP contribution in [0.15, 0.2) is 69.9 Å². The van der Waals surface area contributed by atoms with Crippen LogP contribution < -0.4 is 10.9 Å². The minimum Gasteiger partial charge on any atom is -0.353 e. The molecule has 0 atom stereocenters. The van der Waals surface area contributed by atoms with Crippen molar-refractivity contribution in [3.63, 3.8) is 0 Å². The predicted octanol–water partition coefficient (Wildman–Crippen LogP) is 5.74. The smallest absolute Gasteiger partial charge is 0.256 e. The number of pyridine rings is 1. The van der Waals surface area contributed by atoms with Gasteiger partial charge in [-0.3, -0.25) is 9.36 Å². The standard InChI is InChI=1S/C21H14BrN3OS/c1-13-7-8-14(11-17(13)22)24-20-16-9-10-19(26)25(15-5-3-2-4-6-15)21(16)27-18(20)12-23/h2-11,24H,1H3. The Morgan fingerprint density at radius 2 is 1.89 bits per heavy atom. The van der Waals surface area contributed by atoms with E-state index in [1.807, 2.05) is 55.5 Å². The Morgan fingerprint density at radius 3 is 2.59 bits per heavy atom. The summed E-state index contributed by atoms with van der Waals surface area (Å²) >= 11 is 4.85. The topological polar surface area (TPSA) is 57.8 Å². The van der Waals surface area contributed by atoms with E-state index in [0.717, 1.165) is 37.3 Å². The zero-order valence-electron chi connectivity index (χ0n) is 14.4. The normalized spacial score (nSPS) is 10.7. The van der Waals surface area contributed by atoms with Crippen molar-refractivity contribution in [1.29, 1.82) is 5.26 Å². The Bertz CT molecular complexity index is 1250. The van der Waals surface area contributed by atoms with Gasteiger partial charge in [0.2, 0.25) is 0 Å². The first kappa shape index (κ1) is 17.5. The summed E-state index contributed by atoms with van der Waals surface area (Å²) in [4.78, 5) is 13.8. The Labute approximate surface area is 168 Å². The highest BCUT2D eigenvalue weighted by Crippen LogP contribution is 2.37. The molecule has 2 aromatic carbocycles. The number of halogens is 1. The first-order chi connectivity index (χ1) is 13.1. The third kappa shape index (κ3) is 3.16. The maximum absolute atomic E-state index is 12.5. The molecule has 0 aliphatic carbocycles. The summed E-state index contributed by atoms with van der Waals surface area (Å²) in [5.41, 5.74) is 3.39. The fourth-order valence-electron chi connectivity index (χ4n) is 2.92. The van der Waals surface area contributed by atoms with Crippen molar-refractivity contribution in [2.24, 2.45) is 0 Å². The van der Waals surface area contributed by atoms with Crippen molar-refractivity contribution in [3.8, 4) is 11.8 Å². The van der Waals surface area contributed by atoms with Gasteiger partial charge in [-0.2, -0.15) is 5.26 Å². The Balaban J connectivity index is 1.93. The SMILES string of the molecule is Cc1ccc(Nc2c(C#N)sc3c2ccc(=O)n3-c2ccccc2)cc1Br. The first-order valence-corrected chi connectivity index (χ1v) is 9.86. The van der Waals surface area contributed by atoms with Gasteiger partial charge in [-0.25, -0.2) is 0 Å². The van der Waals surface area contributed by atoms with Crippen LogP contribution in [0.2, 0.25) is 0 Å². The lowest BCUT2D eigenvalue weighted by atomic mass is 10.2. The van der Waals surface area contributed by atoms with Gasteiger partial charge in [-0.1, -0.05) is 40.2 Å². The van der Waals surface area contributed by atoms with Crippen LogP contribution in [0, 0.1) is 18.3 Å². The molecule has 0 aliphatic heterocycles. The van der Waals surface area contributed by atoms with Crippen LogP contribution in [-0.2, 0) is 0 Å². The van der Waals surface area contributed by atoms with Gasteiger partial charge >= 0.3 is 0 Å². The van der Waals surface area contributed by atoms with E-state index in [1.54, 1.807) is 16.7 Å². The van der Waals surface area contributed by atoms with Gasteiger partial charge in [0.25, 0.3) is 5.56 Å². The van der Waals surface area contributed by atoms with E-state index in [-0.39, 0.29) is 5.56 Å². The van der Waals surface area contributed by atoms with Crippen LogP contribution in [-0.4, -0.2) is 4.57 Å². The van der Waals surface area contributed by atoms with Gasteiger partial charge in [0.1, 0.15) is 15.8 Å². The van der Waals surface area contributed by atoms with E-state index in [1.165, 1.54) is 11.3 Å². The summed E-state index contributed by atoms with van der Waals surface area (Å²) in [5.74, 6) is 0. The maximum Gasteiger partial charge on any atom is 0.256 e. The van der Waals surface area contributed by atoms with Gasteiger partial charge in [0.05, 0.1) is 11.4 Å². The van der Waals surface area contributed by atoms with Crippen molar-refractivity contribution in [2.45, 2.75) is 6.92 Å². The Morgan fingerprint density at radius 1 is 1.11 bits per heavy atom. The lowest BCUT2D eigenvalue weighted by Crippen LogP contribution is -2.16. The molecule has 2 aromatic heterocycles. The number of nitriles is 1. The molecule has 0 radical (unpaired) electrons. The molecule has 0 saturated heterocycles. The van der Waals surface area contributed by atoms with Gasteiger partial charge in [-0.15, -0.1) is 11.3 Å². The molecule has 0 amide bonds. The summed E-state index contributed by atoms with van der Waals surface area (Å²) in [6, 6.07) is 21.0. The van der Waals surface area contributed by atoms with E-state index in [2.05, 4.69) is 27.3 Å². The molecule has 0 saturated carbocycles. The molecular weight excluding hydrogens is 422 g/mol. The van der Waals surface area contributed by atoms with Gasteiger partial charge in [0, 0.05) is 21.6 Å². The van der Waals surface area contributed by atoms with Crippen molar-refractivity contribution in [2.75, 3.05) is 5.32 Å². The number of nitrogens with one attached hydrogen (secondary N) is 1. The number of para-hydroxylation sites is 1. The number of anilines is 2. The zero-order chi connectivity index (χ0) is 19.0. The summed E-state index contributed by atoms with van der Waals surface area (Å²) < 4.78 is 2.64. The number of benzene rings is 2. The summed E-state index contributed by atoms with van der Waals surface area (Å²) in [7, 11) is 0. The fourth-order valence-corrected chi connectivity index (χ4v) is 4.37. The van der Waals surface area contributed by atoms with E-state index >= 15 is 0 Å². The highest BCUT2D eigenvalue weighted by atomic mass is 79.9. The molecule has 4 rings (SSSR count). The molecule has 2 heterocycles. The molecule has 27 heavy (non-hydrogen) atoms. The molecule has 0 fully saturated rings. The quantitative estimate of drug-likeness (QED) is 0.446. The van der Waals surface area contributed by atoms with Crippen LogP contribution in [0.25, 0.3) is 15.9 Å². The van der Waals surface area contributed by atoms with Crippen LogP contribution in [0.4, 0.5) is 11.4 Å². The summed E-state index contributed by atoms with van der Waals surface area (Å²) in [6.45, 7) is 2.02. The number of aryl methyl sites for hydroxylation is 1. The van der Waals surface area contributed by atoms with Crippen molar-refractivity contribution >= 4 is 48.9 Å². The molecule has 4 aromatic rings. The highest BCUT2D eigenvalue weighted by Gasteiger charge is 2.17. The second kappa shape index (κ2) is 7.03. The van der Waals surface area contributed by atoms with Crippen LogP contribution in [0.5, 0.6) is 0 Å². The van der Waals surface area contributed by atoms with Crippen molar-refractivity contribution in [1.82, 2.24) is 4.57 Å². The molecular formula is C21H14BrN3OS. The predicted molar refractivity (Wildman–Crippen MR) is 114 cm³/mol. The van der Waals surface area contributed by atoms with Crippen molar-refractivity contribution < 1.29 is 0 Å². The molecule has 132 valence electrons. The number of nitrogens with zero attached hydrogens (tertiary/aromatic N) is 2. The van der Waals surface area contributed by atoms with Gasteiger partial charge in [-0.05, 0) is 42.8 Å². The van der Waals surface area contributed by atoms with Gasteiger partial charge < -0.3 is 5.32 Å². The number of thiophene rings is 1. The minimum absolute atomic E-state index is 0.121. The number of rotatable bonds is 3. The second-order valence-electron chi connectivity index (χ2n) is 6.07. The third-order valence-corrected chi connectivity index (χ3v) is 6.25. The fraction of sp³-hybridized carbons (Fsp3) is 0.0476. The van der Waals surface area contributed by atoms with Crippen LogP contribution in [0.1, 0.15) is 10.4 Å². The zero-order valence-corrected chi connectivity index (χ0v) is 16.8. The summed E-state index contributed by atoms with van der Waals surface area (Å²) in [5, 5.41) is 13.9. The third-order valence-electron chi connectivity index (χ3n) is 4.30. The molecule has 6 heteroatoms. The Kier molecular flexibility index (Phi) is 4.56. The first-order valence-electron chi connectivity index (χ1n) is 8.26. The molecule has 0 unspecified atom stereocenters. The van der Waals surface area contributed by atoms with Crippen molar-refractivity contribution in [3.05, 3.63) is 85.9 Å². The lowest BCUT2D eigenvalue weighted by Gasteiger charge is -2.09. The highest BCUT2D eigenvalue weighted by molar-refractivity contribution is 9.10. The molecule has 4 nitrogen and oxygen atoms in total. The van der Waals surface area contributed by atoms with E-state index < -0.39 is 0 Å². The second-order valence-corrected chi connectivity index (χ2v) is 7.92. The number of aromatic nitrogens is 1. The number of fused-ring (bicyclic) bond motifs is 1. The average Bonchev–Trinajstić information content (AvgIpc) is 3.02.